The van der Waals surface area contributed by atoms with Crippen LogP contribution in [0, 0.1) is 13.8 Å². The number of hydrogen-bond donors (Lipinski definition) is 0. The van der Waals surface area contributed by atoms with Crippen LogP contribution < -0.4 is 0 Å². The summed E-state index contributed by atoms with van der Waals surface area (Å²) >= 11 is 0. The summed E-state index contributed by atoms with van der Waals surface area (Å²) in [5.74, 6) is 0.0844. The number of Topliss-reactive ketones (excluding diaryl/α,β-unsaturated/α-hetero) is 1. The lowest BCUT2D eigenvalue weighted by atomic mass is 10.1. The van der Waals surface area contributed by atoms with Gasteiger partial charge >= 0.3 is 0 Å². The summed E-state index contributed by atoms with van der Waals surface area (Å²) in [6, 6.07) is 6.40. The first-order valence-corrected chi connectivity index (χ1v) is 9.77. The van der Waals surface area contributed by atoms with Gasteiger partial charge in [0.1, 0.15) is 0 Å². The molecule has 6 nitrogen and oxygen atoms in total. The molecule has 0 bridgehead atoms. The topological polar surface area (TPSA) is 58.4 Å². The van der Waals surface area contributed by atoms with Crippen LogP contribution >= 0.6 is 0 Å². The SMILES string of the molecule is CC(=O)c1c(C)nn([C@H](C)CC(=O)N(C)Cc2ccc3c(c2)CN(C)C3)c1C. The number of rotatable bonds is 6. The number of amides is 1. The van der Waals surface area contributed by atoms with Crippen molar-refractivity contribution in [1.29, 1.82) is 0 Å². The predicted molar refractivity (Wildman–Crippen MR) is 109 cm³/mol. The van der Waals surface area contributed by atoms with Crippen LogP contribution in [0.2, 0.25) is 0 Å². The molecule has 1 aliphatic rings. The molecular formula is C22H30N4O2. The number of benzene rings is 1. The maximum Gasteiger partial charge on any atom is 0.224 e. The number of fused-ring (bicyclic) bond motifs is 1. The van der Waals surface area contributed by atoms with Gasteiger partial charge in [-0.2, -0.15) is 5.10 Å². The summed E-state index contributed by atoms with van der Waals surface area (Å²) in [7, 11) is 3.96. The molecule has 3 rings (SSSR count). The van der Waals surface area contributed by atoms with E-state index < -0.39 is 0 Å². The minimum absolute atomic E-state index is 0.0131. The van der Waals surface area contributed by atoms with Crippen LogP contribution in [0.25, 0.3) is 0 Å². The van der Waals surface area contributed by atoms with Gasteiger partial charge in [-0.05, 0) is 51.4 Å². The van der Waals surface area contributed by atoms with Gasteiger partial charge in [0.15, 0.2) is 5.78 Å². The minimum atomic E-state index is -0.101. The minimum Gasteiger partial charge on any atom is -0.341 e. The average Bonchev–Trinajstić information content (AvgIpc) is 3.12. The first-order chi connectivity index (χ1) is 13.2. The van der Waals surface area contributed by atoms with E-state index in [1.54, 1.807) is 11.8 Å². The van der Waals surface area contributed by atoms with Crippen molar-refractivity contribution in [2.75, 3.05) is 14.1 Å². The van der Waals surface area contributed by atoms with Crippen LogP contribution in [-0.2, 0) is 24.4 Å². The fraction of sp³-hybridized carbons (Fsp3) is 0.500. The molecule has 0 radical (unpaired) electrons. The van der Waals surface area contributed by atoms with Crippen LogP contribution in [0.15, 0.2) is 18.2 Å². The fourth-order valence-corrected chi connectivity index (χ4v) is 4.18. The number of aromatic nitrogens is 2. The van der Waals surface area contributed by atoms with Gasteiger partial charge in [-0.3, -0.25) is 19.2 Å². The Balaban J connectivity index is 1.65. The highest BCUT2D eigenvalue weighted by Gasteiger charge is 2.22. The molecule has 2 aromatic rings. The van der Waals surface area contributed by atoms with Gasteiger partial charge < -0.3 is 4.90 Å². The molecule has 28 heavy (non-hydrogen) atoms. The Hall–Kier alpha value is -2.47. The number of carbonyl (C=O) groups excluding carboxylic acids is 2. The molecule has 1 aromatic carbocycles. The Bertz CT molecular complexity index is 916. The van der Waals surface area contributed by atoms with Crippen LogP contribution in [0.4, 0.5) is 0 Å². The molecule has 1 atom stereocenters. The van der Waals surface area contributed by atoms with E-state index in [1.165, 1.54) is 11.1 Å². The van der Waals surface area contributed by atoms with Crippen molar-refractivity contribution in [2.45, 2.75) is 59.8 Å². The summed E-state index contributed by atoms with van der Waals surface area (Å²) < 4.78 is 1.81. The normalized spacial score (nSPS) is 14.8. The molecule has 1 amide bonds. The Morgan fingerprint density at radius 3 is 2.54 bits per heavy atom. The zero-order valence-electron chi connectivity index (χ0n) is 17.7. The van der Waals surface area contributed by atoms with Gasteiger partial charge in [0.2, 0.25) is 5.91 Å². The molecule has 0 fully saturated rings. The monoisotopic (exact) mass is 382 g/mol. The van der Waals surface area contributed by atoms with E-state index in [1.807, 2.05) is 32.5 Å². The summed E-state index contributed by atoms with van der Waals surface area (Å²) in [6.07, 6.45) is 0.351. The third-order valence-corrected chi connectivity index (χ3v) is 5.56. The lowest BCUT2D eigenvalue weighted by Crippen LogP contribution is -2.28. The Kier molecular flexibility index (Phi) is 5.70. The molecule has 0 saturated carbocycles. The van der Waals surface area contributed by atoms with Gasteiger partial charge in [-0.1, -0.05) is 18.2 Å². The second-order valence-electron chi connectivity index (χ2n) is 8.12. The average molecular weight is 383 g/mol. The number of hydrogen-bond acceptors (Lipinski definition) is 4. The van der Waals surface area contributed by atoms with Crippen LogP contribution in [0.1, 0.15) is 64.7 Å². The van der Waals surface area contributed by atoms with E-state index in [9.17, 15) is 9.59 Å². The summed E-state index contributed by atoms with van der Waals surface area (Å²) in [6.45, 7) is 9.81. The molecule has 150 valence electrons. The van der Waals surface area contributed by atoms with E-state index in [0.717, 1.165) is 30.0 Å². The Morgan fingerprint density at radius 1 is 1.21 bits per heavy atom. The molecule has 1 aliphatic heterocycles. The van der Waals surface area contributed by atoms with Gasteiger partial charge in [-0.25, -0.2) is 0 Å². The fourth-order valence-electron chi connectivity index (χ4n) is 4.18. The molecule has 0 aliphatic carbocycles. The molecule has 2 heterocycles. The van der Waals surface area contributed by atoms with Gasteiger partial charge in [0.25, 0.3) is 0 Å². The number of nitrogens with zero attached hydrogens (tertiary/aromatic N) is 4. The third-order valence-electron chi connectivity index (χ3n) is 5.56. The van der Waals surface area contributed by atoms with E-state index in [4.69, 9.17) is 0 Å². The number of aryl methyl sites for hydroxylation is 1. The molecule has 0 saturated heterocycles. The van der Waals surface area contributed by atoms with Crippen molar-refractivity contribution in [3.05, 3.63) is 51.8 Å². The van der Waals surface area contributed by atoms with Crippen molar-refractivity contribution in [3.8, 4) is 0 Å². The van der Waals surface area contributed by atoms with Crippen molar-refractivity contribution >= 4 is 11.7 Å². The molecule has 6 heteroatoms. The highest BCUT2D eigenvalue weighted by molar-refractivity contribution is 5.96. The molecular weight excluding hydrogens is 352 g/mol. The predicted octanol–water partition coefficient (Wildman–Crippen LogP) is 3.26. The van der Waals surface area contributed by atoms with Crippen molar-refractivity contribution in [2.24, 2.45) is 0 Å². The van der Waals surface area contributed by atoms with Gasteiger partial charge in [0.05, 0.1) is 17.3 Å². The summed E-state index contributed by atoms with van der Waals surface area (Å²) in [5, 5.41) is 4.49. The number of carbonyl (C=O) groups is 2. The maximum atomic E-state index is 12.8. The van der Waals surface area contributed by atoms with E-state index in [0.29, 0.717) is 18.5 Å². The van der Waals surface area contributed by atoms with Crippen LogP contribution in [0.3, 0.4) is 0 Å². The first-order valence-electron chi connectivity index (χ1n) is 9.77. The lowest BCUT2D eigenvalue weighted by molar-refractivity contribution is -0.131. The van der Waals surface area contributed by atoms with Crippen molar-refractivity contribution in [1.82, 2.24) is 19.6 Å². The van der Waals surface area contributed by atoms with Crippen LogP contribution in [-0.4, -0.2) is 45.4 Å². The quantitative estimate of drug-likeness (QED) is 0.720. The maximum absolute atomic E-state index is 12.8. The highest BCUT2D eigenvalue weighted by Crippen LogP contribution is 2.24. The molecule has 1 aromatic heterocycles. The van der Waals surface area contributed by atoms with E-state index in [-0.39, 0.29) is 17.7 Å². The first kappa shape index (κ1) is 20.3. The number of ketones is 1. The lowest BCUT2D eigenvalue weighted by Gasteiger charge is -2.21. The highest BCUT2D eigenvalue weighted by atomic mass is 16.2. The molecule has 0 N–H and O–H groups in total. The largest absolute Gasteiger partial charge is 0.341 e. The zero-order chi connectivity index (χ0) is 20.6. The summed E-state index contributed by atoms with van der Waals surface area (Å²) in [5.41, 5.74) is 6.10. The molecule has 0 spiro atoms. The molecule has 0 unspecified atom stereocenters. The Labute approximate surface area is 167 Å². The van der Waals surface area contributed by atoms with E-state index in [2.05, 4.69) is 35.2 Å². The Morgan fingerprint density at radius 2 is 1.89 bits per heavy atom. The smallest absolute Gasteiger partial charge is 0.224 e. The second kappa shape index (κ2) is 7.87. The second-order valence-corrected chi connectivity index (χ2v) is 8.12. The van der Waals surface area contributed by atoms with Crippen LogP contribution in [0.5, 0.6) is 0 Å². The van der Waals surface area contributed by atoms with Gasteiger partial charge in [0, 0.05) is 38.8 Å². The van der Waals surface area contributed by atoms with Crippen molar-refractivity contribution < 1.29 is 9.59 Å². The van der Waals surface area contributed by atoms with Gasteiger partial charge in [-0.15, -0.1) is 0 Å². The standard InChI is InChI=1S/C22H30N4O2/c1-14(26-16(3)22(17(4)27)15(2)23-26)9-21(28)25(6)11-18-7-8-19-12-24(5)13-20(19)10-18/h7-8,10,14H,9,11-13H2,1-6H3/t14-/m1/s1. The zero-order valence-corrected chi connectivity index (χ0v) is 17.7. The summed E-state index contributed by atoms with van der Waals surface area (Å²) in [4.78, 5) is 28.6. The van der Waals surface area contributed by atoms with Crippen molar-refractivity contribution in [3.63, 3.8) is 0 Å². The van der Waals surface area contributed by atoms with E-state index >= 15 is 0 Å². The third kappa shape index (κ3) is 4.02.